The van der Waals surface area contributed by atoms with Crippen LogP contribution in [0.1, 0.15) is 13.8 Å². The predicted octanol–water partition coefficient (Wildman–Crippen LogP) is 1.57. The van der Waals surface area contributed by atoms with Gasteiger partial charge < -0.3 is 14.8 Å². The Morgan fingerprint density at radius 1 is 1.25 bits per heavy atom. The minimum Gasteiger partial charge on any atom is -0.494 e. The number of aromatic nitrogens is 2. The molecule has 5 heteroatoms. The maximum Gasteiger partial charge on any atom is 0.223 e. The van der Waals surface area contributed by atoms with Crippen molar-refractivity contribution in [1.82, 2.24) is 9.97 Å². The van der Waals surface area contributed by atoms with Gasteiger partial charge in [0, 0.05) is 7.11 Å². The second-order valence-corrected chi connectivity index (χ2v) is 3.90. The van der Waals surface area contributed by atoms with Crippen molar-refractivity contribution in [3.8, 4) is 5.75 Å². The molecular weight excluding hydrogens is 206 g/mol. The van der Waals surface area contributed by atoms with E-state index in [2.05, 4.69) is 29.1 Å². The maximum atomic E-state index is 5.14. The zero-order valence-electron chi connectivity index (χ0n) is 10.2. The Kier molecular flexibility index (Phi) is 4.98. The Balaban J connectivity index is 2.62. The van der Waals surface area contributed by atoms with Crippen LogP contribution in [0.2, 0.25) is 0 Å². The molecule has 1 unspecified atom stereocenters. The van der Waals surface area contributed by atoms with E-state index >= 15 is 0 Å². The average Bonchev–Trinajstić information content (AvgIpc) is 2.29. The fourth-order valence-electron chi connectivity index (χ4n) is 1.24. The van der Waals surface area contributed by atoms with E-state index in [1.54, 1.807) is 26.6 Å². The minimum atomic E-state index is 0.207. The molecule has 0 spiro atoms. The van der Waals surface area contributed by atoms with Gasteiger partial charge in [-0.15, -0.1) is 0 Å². The Bertz CT molecular complexity index is 301. The van der Waals surface area contributed by atoms with Crippen LogP contribution in [-0.4, -0.2) is 36.8 Å². The van der Waals surface area contributed by atoms with Crippen molar-refractivity contribution in [2.75, 3.05) is 26.1 Å². The molecule has 0 amide bonds. The number of anilines is 1. The monoisotopic (exact) mass is 225 g/mol. The minimum absolute atomic E-state index is 0.207. The molecule has 90 valence electrons. The van der Waals surface area contributed by atoms with Gasteiger partial charge in [-0.25, -0.2) is 9.97 Å². The van der Waals surface area contributed by atoms with Gasteiger partial charge in [0.05, 0.1) is 32.2 Å². The molecule has 1 aromatic rings. The Hall–Kier alpha value is -1.36. The Labute approximate surface area is 96.2 Å². The molecule has 0 aliphatic heterocycles. The molecule has 1 aromatic heterocycles. The summed E-state index contributed by atoms with van der Waals surface area (Å²) in [5.74, 6) is 1.69. The summed E-state index contributed by atoms with van der Waals surface area (Å²) >= 11 is 0. The lowest BCUT2D eigenvalue weighted by molar-refractivity contribution is 0.171. The van der Waals surface area contributed by atoms with Crippen molar-refractivity contribution in [3.05, 3.63) is 12.4 Å². The number of hydrogen-bond acceptors (Lipinski definition) is 5. The zero-order valence-corrected chi connectivity index (χ0v) is 10.2. The molecule has 0 radical (unpaired) electrons. The third-order valence-electron chi connectivity index (χ3n) is 2.33. The molecule has 0 saturated heterocycles. The lowest BCUT2D eigenvalue weighted by atomic mass is 10.1. The lowest BCUT2D eigenvalue weighted by Gasteiger charge is -2.21. The van der Waals surface area contributed by atoms with Gasteiger partial charge in [0.2, 0.25) is 5.95 Å². The van der Waals surface area contributed by atoms with Crippen molar-refractivity contribution in [2.45, 2.75) is 19.9 Å². The van der Waals surface area contributed by atoms with Crippen molar-refractivity contribution in [3.63, 3.8) is 0 Å². The van der Waals surface area contributed by atoms with Crippen LogP contribution >= 0.6 is 0 Å². The summed E-state index contributed by atoms with van der Waals surface area (Å²) in [4.78, 5) is 8.30. The molecular formula is C11H19N3O2. The summed E-state index contributed by atoms with van der Waals surface area (Å²) in [5, 5.41) is 3.23. The second kappa shape index (κ2) is 6.27. The molecule has 1 N–H and O–H groups in total. The van der Waals surface area contributed by atoms with Crippen molar-refractivity contribution in [1.29, 1.82) is 0 Å². The van der Waals surface area contributed by atoms with E-state index in [-0.39, 0.29) is 6.04 Å². The molecule has 5 nitrogen and oxygen atoms in total. The maximum absolute atomic E-state index is 5.14. The second-order valence-electron chi connectivity index (χ2n) is 3.90. The highest BCUT2D eigenvalue weighted by Crippen LogP contribution is 2.11. The van der Waals surface area contributed by atoms with E-state index < -0.39 is 0 Å². The topological polar surface area (TPSA) is 56.3 Å². The normalized spacial score (nSPS) is 12.6. The van der Waals surface area contributed by atoms with Crippen molar-refractivity contribution in [2.24, 2.45) is 5.92 Å². The molecule has 0 saturated carbocycles. The summed E-state index contributed by atoms with van der Waals surface area (Å²) in [6, 6.07) is 0.207. The van der Waals surface area contributed by atoms with Gasteiger partial charge in [-0.05, 0) is 5.92 Å². The number of rotatable bonds is 6. The van der Waals surface area contributed by atoms with Gasteiger partial charge >= 0.3 is 0 Å². The van der Waals surface area contributed by atoms with E-state index in [4.69, 9.17) is 9.47 Å². The molecule has 1 heterocycles. The van der Waals surface area contributed by atoms with Crippen LogP contribution in [-0.2, 0) is 4.74 Å². The van der Waals surface area contributed by atoms with Crippen LogP contribution in [0.15, 0.2) is 12.4 Å². The summed E-state index contributed by atoms with van der Waals surface area (Å²) < 4.78 is 10.1. The molecule has 0 aliphatic rings. The number of hydrogen-bond donors (Lipinski definition) is 1. The van der Waals surface area contributed by atoms with Crippen molar-refractivity contribution >= 4 is 5.95 Å². The quantitative estimate of drug-likeness (QED) is 0.796. The molecule has 0 fully saturated rings. The van der Waals surface area contributed by atoms with E-state index in [0.717, 1.165) is 0 Å². The first-order valence-corrected chi connectivity index (χ1v) is 5.29. The van der Waals surface area contributed by atoms with Crippen LogP contribution in [0, 0.1) is 5.92 Å². The highest BCUT2D eigenvalue weighted by Gasteiger charge is 2.13. The van der Waals surface area contributed by atoms with Gasteiger partial charge in [-0.2, -0.15) is 0 Å². The zero-order chi connectivity index (χ0) is 12.0. The summed E-state index contributed by atoms with van der Waals surface area (Å²) in [6.45, 7) is 4.88. The summed E-state index contributed by atoms with van der Waals surface area (Å²) in [7, 11) is 3.28. The van der Waals surface area contributed by atoms with E-state index in [9.17, 15) is 0 Å². The summed E-state index contributed by atoms with van der Waals surface area (Å²) in [5.41, 5.74) is 0. The smallest absolute Gasteiger partial charge is 0.223 e. The van der Waals surface area contributed by atoms with Crippen molar-refractivity contribution < 1.29 is 9.47 Å². The van der Waals surface area contributed by atoms with E-state index in [1.807, 2.05) is 0 Å². The molecule has 16 heavy (non-hydrogen) atoms. The molecule has 0 aliphatic carbocycles. The standard InChI is InChI=1S/C11H19N3O2/c1-8(2)10(7-15-3)14-11-12-5-9(16-4)6-13-11/h5-6,8,10H,7H2,1-4H3,(H,12,13,14). The third kappa shape index (κ3) is 3.66. The first-order chi connectivity index (χ1) is 7.67. The van der Waals surface area contributed by atoms with E-state index in [0.29, 0.717) is 24.2 Å². The highest BCUT2D eigenvalue weighted by molar-refractivity contribution is 5.28. The molecule has 0 bridgehead atoms. The highest BCUT2D eigenvalue weighted by atomic mass is 16.5. The fourth-order valence-corrected chi connectivity index (χ4v) is 1.24. The number of nitrogens with zero attached hydrogens (tertiary/aromatic N) is 2. The van der Waals surface area contributed by atoms with Crippen LogP contribution in [0.25, 0.3) is 0 Å². The summed E-state index contributed by atoms with van der Waals surface area (Å²) in [6.07, 6.45) is 3.28. The van der Waals surface area contributed by atoms with Gasteiger partial charge in [0.25, 0.3) is 0 Å². The molecule has 0 aromatic carbocycles. The predicted molar refractivity (Wildman–Crippen MR) is 62.7 cm³/mol. The third-order valence-corrected chi connectivity index (χ3v) is 2.33. The number of methoxy groups -OCH3 is 2. The Morgan fingerprint density at radius 2 is 1.88 bits per heavy atom. The fraction of sp³-hybridized carbons (Fsp3) is 0.636. The van der Waals surface area contributed by atoms with Gasteiger partial charge in [0.1, 0.15) is 0 Å². The van der Waals surface area contributed by atoms with Gasteiger partial charge in [-0.3, -0.25) is 0 Å². The lowest BCUT2D eigenvalue weighted by Crippen LogP contribution is -2.31. The van der Waals surface area contributed by atoms with Crippen LogP contribution < -0.4 is 10.1 Å². The van der Waals surface area contributed by atoms with Crippen LogP contribution in [0.4, 0.5) is 5.95 Å². The van der Waals surface area contributed by atoms with Gasteiger partial charge in [-0.1, -0.05) is 13.8 Å². The van der Waals surface area contributed by atoms with Gasteiger partial charge in [0.15, 0.2) is 5.75 Å². The van der Waals surface area contributed by atoms with E-state index in [1.165, 1.54) is 0 Å². The average molecular weight is 225 g/mol. The first-order valence-electron chi connectivity index (χ1n) is 5.29. The Morgan fingerprint density at radius 3 is 2.31 bits per heavy atom. The van der Waals surface area contributed by atoms with Crippen LogP contribution in [0.3, 0.4) is 0 Å². The number of ether oxygens (including phenoxy) is 2. The number of nitrogens with one attached hydrogen (secondary N) is 1. The largest absolute Gasteiger partial charge is 0.494 e. The molecule has 1 atom stereocenters. The SMILES string of the molecule is COCC(Nc1ncc(OC)cn1)C(C)C. The van der Waals surface area contributed by atoms with Crippen LogP contribution in [0.5, 0.6) is 5.75 Å². The first kappa shape index (κ1) is 12.7. The molecule has 1 rings (SSSR count).